The van der Waals surface area contributed by atoms with Gasteiger partial charge >= 0.3 is 5.97 Å². The van der Waals surface area contributed by atoms with Crippen LogP contribution in [0, 0.1) is 0 Å². The summed E-state index contributed by atoms with van der Waals surface area (Å²) >= 11 is 1.34. The van der Waals surface area contributed by atoms with E-state index in [4.69, 9.17) is 4.74 Å². The first-order valence-corrected chi connectivity index (χ1v) is 6.55. The van der Waals surface area contributed by atoms with Gasteiger partial charge in [0.25, 0.3) is 0 Å². The molecule has 18 heavy (non-hydrogen) atoms. The summed E-state index contributed by atoms with van der Waals surface area (Å²) in [7, 11) is 0. The van der Waals surface area contributed by atoms with E-state index in [0.29, 0.717) is 6.61 Å². The van der Waals surface area contributed by atoms with Crippen LogP contribution in [0.5, 0.6) is 0 Å². The van der Waals surface area contributed by atoms with Crippen LogP contribution in [0.3, 0.4) is 0 Å². The molecule has 0 aliphatic carbocycles. The fourth-order valence-electron chi connectivity index (χ4n) is 1.53. The van der Waals surface area contributed by atoms with Gasteiger partial charge in [0.15, 0.2) is 0 Å². The molecule has 0 amide bonds. The van der Waals surface area contributed by atoms with E-state index in [-0.39, 0.29) is 5.97 Å². The maximum absolute atomic E-state index is 12.1. The van der Waals surface area contributed by atoms with Crippen molar-refractivity contribution in [2.24, 2.45) is 0 Å². The number of hydrogen-bond acceptors (Lipinski definition) is 4. The lowest BCUT2D eigenvalue weighted by molar-refractivity contribution is -0.150. The van der Waals surface area contributed by atoms with E-state index in [1.165, 1.54) is 11.5 Å². The predicted octanol–water partition coefficient (Wildman–Crippen LogP) is 3.16. The van der Waals surface area contributed by atoms with Gasteiger partial charge in [-0.25, -0.2) is 4.37 Å². The molecule has 3 nitrogen and oxygen atoms in total. The molecular formula is C14H15NO2S. The zero-order chi connectivity index (χ0) is 13.0. The van der Waals surface area contributed by atoms with Gasteiger partial charge in [-0.2, -0.15) is 0 Å². The Bertz CT molecular complexity index is 506. The third-order valence-corrected chi connectivity index (χ3v) is 3.46. The van der Waals surface area contributed by atoms with Crippen LogP contribution >= 0.6 is 11.5 Å². The number of esters is 1. The summed E-state index contributed by atoms with van der Waals surface area (Å²) in [5.74, 6) is -0.230. The number of nitrogens with zero attached hydrogens (tertiary/aromatic N) is 1. The minimum atomic E-state index is -0.651. The van der Waals surface area contributed by atoms with Crippen molar-refractivity contribution in [2.75, 3.05) is 0 Å². The largest absolute Gasteiger partial charge is 0.460 e. The monoisotopic (exact) mass is 261 g/mol. The second kappa shape index (κ2) is 5.31. The smallest absolute Gasteiger partial charge is 0.316 e. The highest BCUT2D eigenvalue weighted by Crippen LogP contribution is 2.25. The van der Waals surface area contributed by atoms with Gasteiger partial charge in [0, 0.05) is 11.6 Å². The van der Waals surface area contributed by atoms with Crippen molar-refractivity contribution in [3.05, 3.63) is 53.0 Å². The summed E-state index contributed by atoms with van der Waals surface area (Å²) in [5.41, 5.74) is 1.23. The van der Waals surface area contributed by atoms with Crippen LogP contribution in [-0.2, 0) is 21.6 Å². The summed E-state index contributed by atoms with van der Waals surface area (Å²) in [6.45, 7) is 4.01. The number of carbonyl (C=O) groups is 1. The molecule has 2 aromatic rings. The normalized spacial score (nSPS) is 11.2. The third kappa shape index (κ3) is 2.76. The minimum absolute atomic E-state index is 0.230. The third-order valence-electron chi connectivity index (χ3n) is 2.88. The Balaban J connectivity index is 2.00. The first-order chi connectivity index (χ1) is 8.60. The molecular weight excluding hydrogens is 246 g/mol. The molecule has 0 bridgehead atoms. The Labute approximate surface area is 111 Å². The molecule has 1 aromatic carbocycles. The molecule has 0 aliphatic heterocycles. The summed E-state index contributed by atoms with van der Waals surface area (Å²) in [4.78, 5) is 12.1. The quantitative estimate of drug-likeness (QED) is 0.794. The Morgan fingerprint density at radius 2 is 2.06 bits per heavy atom. The Kier molecular flexibility index (Phi) is 3.77. The van der Waals surface area contributed by atoms with Crippen LogP contribution in [0.2, 0.25) is 0 Å². The number of benzene rings is 1. The standard InChI is InChI=1S/C14H15NO2S/c1-14(2,12-8-15-18-10-12)13(16)17-9-11-6-4-3-5-7-11/h3-8,10H,9H2,1-2H3. The summed E-state index contributed by atoms with van der Waals surface area (Å²) < 4.78 is 9.38. The van der Waals surface area contributed by atoms with E-state index in [1.54, 1.807) is 6.20 Å². The van der Waals surface area contributed by atoms with Crippen LogP contribution in [0.4, 0.5) is 0 Å². The van der Waals surface area contributed by atoms with Crippen LogP contribution < -0.4 is 0 Å². The number of aromatic nitrogens is 1. The summed E-state index contributed by atoms with van der Waals surface area (Å²) in [6.07, 6.45) is 1.72. The topological polar surface area (TPSA) is 39.2 Å². The molecule has 0 unspecified atom stereocenters. The highest BCUT2D eigenvalue weighted by Gasteiger charge is 2.32. The lowest BCUT2D eigenvalue weighted by Gasteiger charge is -2.21. The second-order valence-electron chi connectivity index (χ2n) is 4.60. The van der Waals surface area contributed by atoms with E-state index in [1.807, 2.05) is 49.6 Å². The van der Waals surface area contributed by atoms with Crippen molar-refractivity contribution in [3.8, 4) is 0 Å². The molecule has 0 saturated heterocycles. The van der Waals surface area contributed by atoms with Gasteiger partial charge in [0.05, 0.1) is 5.41 Å². The fraction of sp³-hybridized carbons (Fsp3) is 0.286. The SMILES string of the molecule is CC(C)(C(=O)OCc1ccccc1)c1cnsc1. The van der Waals surface area contributed by atoms with E-state index >= 15 is 0 Å². The van der Waals surface area contributed by atoms with Crippen molar-refractivity contribution < 1.29 is 9.53 Å². The summed E-state index contributed by atoms with van der Waals surface area (Å²) in [6, 6.07) is 9.67. The lowest BCUT2D eigenvalue weighted by Crippen LogP contribution is -2.30. The molecule has 0 radical (unpaired) electrons. The zero-order valence-corrected chi connectivity index (χ0v) is 11.2. The molecule has 0 fully saturated rings. The molecule has 1 aromatic heterocycles. The highest BCUT2D eigenvalue weighted by atomic mass is 32.1. The molecule has 0 atom stereocenters. The molecule has 1 heterocycles. The predicted molar refractivity (Wildman–Crippen MR) is 71.4 cm³/mol. The van der Waals surface area contributed by atoms with Crippen LogP contribution in [0.15, 0.2) is 41.9 Å². The average Bonchev–Trinajstić information content (AvgIpc) is 2.91. The number of ether oxygens (including phenoxy) is 1. The van der Waals surface area contributed by atoms with Gasteiger partial charge in [-0.05, 0) is 36.5 Å². The minimum Gasteiger partial charge on any atom is -0.460 e. The van der Waals surface area contributed by atoms with Crippen LogP contribution in [0.1, 0.15) is 25.0 Å². The first kappa shape index (κ1) is 12.8. The molecule has 0 spiro atoms. The van der Waals surface area contributed by atoms with E-state index in [0.717, 1.165) is 11.1 Å². The molecule has 0 N–H and O–H groups in total. The first-order valence-electron chi connectivity index (χ1n) is 5.71. The zero-order valence-electron chi connectivity index (χ0n) is 10.4. The molecule has 2 rings (SSSR count). The van der Waals surface area contributed by atoms with Crippen molar-refractivity contribution in [1.29, 1.82) is 0 Å². The Morgan fingerprint density at radius 3 is 2.67 bits per heavy atom. The maximum atomic E-state index is 12.1. The van der Waals surface area contributed by atoms with E-state index in [9.17, 15) is 4.79 Å². The number of carbonyl (C=O) groups excluding carboxylic acids is 1. The Morgan fingerprint density at radius 1 is 1.33 bits per heavy atom. The van der Waals surface area contributed by atoms with Crippen molar-refractivity contribution >= 4 is 17.5 Å². The van der Waals surface area contributed by atoms with Gasteiger partial charge in [-0.1, -0.05) is 30.3 Å². The molecule has 0 saturated carbocycles. The number of rotatable bonds is 4. The van der Waals surface area contributed by atoms with Crippen molar-refractivity contribution in [2.45, 2.75) is 25.9 Å². The fourth-order valence-corrected chi connectivity index (χ4v) is 2.24. The van der Waals surface area contributed by atoms with Crippen molar-refractivity contribution in [1.82, 2.24) is 4.37 Å². The highest BCUT2D eigenvalue weighted by molar-refractivity contribution is 7.03. The van der Waals surface area contributed by atoms with Gasteiger partial charge in [0.1, 0.15) is 6.61 Å². The van der Waals surface area contributed by atoms with Gasteiger partial charge < -0.3 is 4.74 Å². The number of hydrogen-bond donors (Lipinski definition) is 0. The average molecular weight is 261 g/mol. The van der Waals surface area contributed by atoms with Gasteiger partial charge in [0.2, 0.25) is 0 Å². The summed E-state index contributed by atoms with van der Waals surface area (Å²) in [5, 5.41) is 1.88. The molecule has 4 heteroatoms. The maximum Gasteiger partial charge on any atom is 0.316 e. The van der Waals surface area contributed by atoms with Gasteiger partial charge in [-0.15, -0.1) is 0 Å². The van der Waals surface area contributed by atoms with E-state index < -0.39 is 5.41 Å². The Hall–Kier alpha value is -1.68. The second-order valence-corrected chi connectivity index (χ2v) is 5.26. The van der Waals surface area contributed by atoms with E-state index in [2.05, 4.69) is 4.37 Å². The van der Waals surface area contributed by atoms with Crippen LogP contribution in [-0.4, -0.2) is 10.3 Å². The van der Waals surface area contributed by atoms with Gasteiger partial charge in [-0.3, -0.25) is 4.79 Å². The van der Waals surface area contributed by atoms with Crippen LogP contribution in [0.25, 0.3) is 0 Å². The lowest BCUT2D eigenvalue weighted by atomic mass is 9.87. The molecule has 94 valence electrons. The molecule has 0 aliphatic rings. The van der Waals surface area contributed by atoms with Crippen molar-refractivity contribution in [3.63, 3.8) is 0 Å².